The molecule has 1 aromatic carbocycles. The van der Waals surface area contributed by atoms with E-state index in [1.807, 2.05) is 38.0 Å². The number of hydrogen-bond acceptors (Lipinski definition) is 3. The van der Waals surface area contributed by atoms with Gasteiger partial charge in [-0.1, -0.05) is 11.6 Å². The molecule has 0 saturated heterocycles. The van der Waals surface area contributed by atoms with Crippen LogP contribution in [0.2, 0.25) is 0 Å². The summed E-state index contributed by atoms with van der Waals surface area (Å²) < 4.78 is 7.83. The molecule has 104 valence electrons. The summed E-state index contributed by atoms with van der Waals surface area (Å²) in [5.41, 5.74) is 4.32. The van der Waals surface area contributed by atoms with Crippen molar-refractivity contribution in [3.05, 3.63) is 53.0 Å². The van der Waals surface area contributed by atoms with Crippen LogP contribution in [0.4, 0.5) is 0 Å². The highest BCUT2D eigenvalue weighted by atomic mass is 16.3. The molecule has 2 aromatic heterocycles. The zero-order valence-corrected chi connectivity index (χ0v) is 12.3. The summed E-state index contributed by atoms with van der Waals surface area (Å²) in [4.78, 5) is 0. The molecule has 1 unspecified atom stereocenters. The van der Waals surface area contributed by atoms with E-state index < -0.39 is 0 Å². The number of fused-ring (bicyclic) bond motifs is 1. The molecule has 2 heterocycles. The van der Waals surface area contributed by atoms with E-state index in [1.165, 1.54) is 5.56 Å². The molecule has 4 nitrogen and oxygen atoms in total. The van der Waals surface area contributed by atoms with Gasteiger partial charge in [0.2, 0.25) is 0 Å². The number of rotatable bonds is 3. The molecule has 20 heavy (non-hydrogen) atoms. The minimum atomic E-state index is 0.0245. The number of furan rings is 1. The molecule has 3 rings (SSSR count). The van der Waals surface area contributed by atoms with Gasteiger partial charge in [-0.15, -0.1) is 0 Å². The minimum absolute atomic E-state index is 0.0245. The highest BCUT2D eigenvalue weighted by Crippen LogP contribution is 2.29. The van der Waals surface area contributed by atoms with Crippen LogP contribution in [0.25, 0.3) is 11.0 Å². The number of nitrogens with one attached hydrogen (secondary N) is 1. The molecule has 0 fully saturated rings. The summed E-state index contributed by atoms with van der Waals surface area (Å²) in [6, 6.07) is 8.37. The van der Waals surface area contributed by atoms with Gasteiger partial charge in [-0.3, -0.25) is 4.68 Å². The van der Waals surface area contributed by atoms with E-state index in [9.17, 15) is 0 Å². The number of hydrogen-bond donors (Lipinski definition) is 1. The average Bonchev–Trinajstić information content (AvgIpc) is 2.94. The highest BCUT2D eigenvalue weighted by Gasteiger charge is 2.20. The first kappa shape index (κ1) is 12.9. The van der Waals surface area contributed by atoms with Crippen molar-refractivity contribution >= 4 is 11.0 Å². The Morgan fingerprint density at radius 1 is 1.25 bits per heavy atom. The molecule has 4 heteroatoms. The zero-order chi connectivity index (χ0) is 14.3. The Hall–Kier alpha value is -2.07. The quantitative estimate of drug-likeness (QED) is 0.794. The standard InChI is InChI=1S/C16H19N3O/c1-10-5-6-14-12(7-10)8-15(20-14)16(17-3)13-9-19(4)18-11(13)2/h5-9,16-17H,1-4H3. The van der Waals surface area contributed by atoms with Crippen LogP contribution in [-0.2, 0) is 7.05 Å². The lowest BCUT2D eigenvalue weighted by molar-refractivity contribution is 0.490. The number of nitrogens with zero attached hydrogens (tertiary/aromatic N) is 2. The third-order valence-corrected chi connectivity index (χ3v) is 3.63. The monoisotopic (exact) mass is 269 g/mol. The first-order chi connectivity index (χ1) is 9.58. The van der Waals surface area contributed by atoms with Gasteiger partial charge in [0, 0.05) is 24.2 Å². The van der Waals surface area contributed by atoms with Crippen molar-refractivity contribution in [3.8, 4) is 0 Å². The molecule has 0 saturated carbocycles. The summed E-state index contributed by atoms with van der Waals surface area (Å²) in [5.74, 6) is 0.921. The SMILES string of the molecule is CNC(c1cc2cc(C)ccc2o1)c1cn(C)nc1C. The van der Waals surface area contributed by atoms with Crippen LogP contribution >= 0.6 is 0 Å². The molecule has 1 N–H and O–H groups in total. The molecule has 0 aliphatic rings. The third kappa shape index (κ3) is 2.12. The third-order valence-electron chi connectivity index (χ3n) is 3.63. The molecule has 0 spiro atoms. The number of benzene rings is 1. The van der Waals surface area contributed by atoms with Crippen molar-refractivity contribution in [2.45, 2.75) is 19.9 Å². The van der Waals surface area contributed by atoms with E-state index in [2.05, 4.69) is 35.5 Å². The summed E-state index contributed by atoms with van der Waals surface area (Å²) >= 11 is 0. The van der Waals surface area contributed by atoms with Crippen molar-refractivity contribution in [1.29, 1.82) is 0 Å². The summed E-state index contributed by atoms with van der Waals surface area (Å²) in [6.45, 7) is 4.11. The average molecular weight is 269 g/mol. The molecule has 1 atom stereocenters. The van der Waals surface area contributed by atoms with Gasteiger partial charge in [0.15, 0.2) is 0 Å². The van der Waals surface area contributed by atoms with Crippen LogP contribution in [0.1, 0.15) is 28.6 Å². The molecule has 0 aliphatic carbocycles. The largest absolute Gasteiger partial charge is 0.459 e. The summed E-state index contributed by atoms with van der Waals surface area (Å²) in [6.07, 6.45) is 2.04. The van der Waals surface area contributed by atoms with Gasteiger partial charge in [-0.05, 0) is 39.1 Å². The van der Waals surface area contributed by atoms with Gasteiger partial charge in [-0.2, -0.15) is 5.10 Å². The lowest BCUT2D eigenvalue weighted by Crippen LogP contribution is -2.17. The van der Waals surface area contributed by atoms with Crippen molar-refractivity contribution in [2.24, 2.45) is 7.05 Å². The first-order valence-electron chi connectivity index (χ1n) is 6.76. The Bertz CT molecular complexity index is 754. The Balaban J connectivity index is 2.09. The second-order valence-electron chi connectivity index (χ2n) is 5.26. The fourth-order valence-corrected chi connectivity index (χ4v) is 2.68. The molecular weight excluding hydrogens is 250 g/mol. The van der Waals surface area contributed by atoms with Crippen LogP contribution in [0.5, 0.6) is 0 Å². The molecule has 0 amide bonds. The molecule has 0 bridgehead atoms. The van der Waals surface area contributed by atoms with Crippen molar-refractivity contribution in [3.63, 3.8) is 0 Å². The number of aryl methyl sites for hydroxylation is 3. The Labute approximate surface area is 118 Å². The fourth-order valence-electron chi connectivity index (χ4n) is 2.68. The van der Waals surface area contributed by atoms with E-state index in [-0.39, 0.29) is 6.04 Å². The summed E-state index contributed by atoms with van der Waals surface area (Å²) in [7, 11) is 3.88. The van der Waals surface area contributed by atoms with Gasteiger partial charge in [0.05, 0.1) is 11.7 Å². The number of aromatic nitrogens is 2. The first-order valence-corrected chi connectivity index (χ1v) is 6.76. The molecular formula is C16H19N3O. The van der Waals surface area contributed by atoms with Crippen LogP contribution in [-0.4, -0.2) is 16.8 Å². The van der Waals surface area contributed by atoms with Gasteiger partial charge in [0.25, 0.3) is 0 Å². The van der Waals surface area contributed by atoms with E-state index in [1.54, 1.807) is 0 Å². The second-order valence-corrected chi connectivity index (χ2v) is 5.26. The Kier molecular flexibility index (Phi) is 3.10. The maximum atomic E-state index is 6.00. The summed E-state index contributed by atoms with van der Waals surface area (Å²) in [5, 5.41) is 8.87. The topological polar surface area (TPSA) is 43.0 Å². The van der Waals surface area contributed by atoms with Gasteiger partial charge < -0.3 is 9.73 Å². The predicted molar refractivity (Wildman–Crippen MR) is 79.8 cm³/mol. The maximum absolute atomic E-state index is 6.00. The Morgan fingerprint density at radius 3 is 2.70 bits per heavy atom. The smallest absolute Gasteiger partial charge is 0.134 e. The molecule has 0 aliphatic heterocycles. The predicted octanol–water partition coefficient (Wildman–Crippen LogP) is 3.09. The highest BCUT2D eigenvalue weighted by molar-refractivity contribution is 5.79. The van der Waals surface area contributed by atoms with Crippen molar-refractivity contribution < 1.29 is 4.42 Å². The zero-order valence-electron chi connectivity index (χ0n) is 12.3. The maximum Gasteiger partial charge on any atom is 0.134 e. The van der Waals surface area contributed by atoms with Crippen LogP contribution in [0, 0.1) is 13.8 Å². The Morgan fingerprint density at radius 2 is 2.05 bits per heavy atom. The van der Waals surface area contributed by atoms with Gasteiger partial charge >= 0.3 is 0 Å². The van der Waals surface area contributed by atoms with Crippen LogP contribution < -0.4 is 5.32 Å². The fraction of sp³-hybridized carbons (Fsp3) is 0.312. The van der Waals surface area contributed by atoms with Crippen molar-refractivity contribution in [2.75, 3.05) is 7.05 Å². The van der Waals surface area contributed by atoms with Crippen LogP contribution in [0.15, 0.2) is 34.9 Å². The lowest BCUT2D eigenvalue weighted by atomic mass is 10.1. The van der Waals surface area contributed by atoms with E-state index >= 15 is 0 Å². The van der Waals surface area contributed by atoms with E-state index in [0.717, 1.165) is 28.0 Å². The second kappa shape index (κ2) is 4.80. The van der Waals surface area contributed by atoms with Crippen LogP contribution in [0.3, 0.4) is 0 Å². The van der Waals surface area contributed by atoms with Crippen molar-refractivity contribution in [1.82, 2.24) is 15.1 Å². The van der Waals surface area contributed by atoms with E-state index in [4.69, 9.17) is 4.42 Å². The normalized spacial score (nSPS) is 13.0. The van der Waals surface area contributed by atoms with Gasteiger partial charge in [0.1, 0.15) is 11.3 Å². The molecule has 0 radical (unpaired) electrons. The molecule has 3 aromatic rings. The lowest BCUT2D eigenvalue weighted by Gasteiger charge is -2.12. The minimum Gasteiger partial charge on any atom is -0.459 e. The van der Waals surface area contributed by atoms with E-state index in [0.29, 0.717) is 0 Å². The van der Waals surface area contributed by atoms with Gasteiger partial charge in [-0.25, -0.2) is 0 Å².